The fourth-order valence-corrected chi connectivity index (χ4v) is 3.44. The summed E-state index contributed by atoms with van der Waals surface area (Å²) in [6.45, 7) is 0.584. The van der Waals surface area contributed by atoms with E-state index in [1.54, 1.807) is 16.8 Å². The van der Waals surface area contributed by atoms with Gasteiger partial charge in [0, 0.05) is 37.5 Å². The third kappa shape index (κ3) is 5.60. The molecule has 0 radical (unpaired) electrons. The summed E-state index contributed by atoms with van der Waals surface area (Å²) in [6.07, 6.45) is 4.72. The number of aryl methyl sites for hydroxylation is 2. The van der Waals surface area contributed by atoms with E-state index in [9.17, 15) is 9.18 Å². The molecule has 3 aromatic carbocycles. The van der Waals surface area contributed by atoms with Crippen LogP contribution in [0, 0.1) is 5.82 Å². The Morgan fingerprint density at radius 2 is 1.75 bits per heavy atom. The zero-order chi connectivity index (χ0) is 22.3. The van der Waals surface area contributed by atoms with Gasteiger partial charge in [-0.15, -0.1) is 0 Å². The van der Waals surface area contributed by atoms with Gasteiger partial charge in [-0.05, 0) is 41.3 Å². The maximum atomic E-state index is 14.2. The van der Waals surface area contributed by atoms with Crippen molar-refractivity contribution in [1.29, 1.82) is 0 Å². The summed E-state index contributed by atoms with van der Waals surface area (Å²) in [5, 5.41) is 10.2. The molecular formula is C26H25FN4O. The van der Waals surface area contributed by atoms with Crippen molar-refractivity contribution in [3.8, 4) is 11.1 Å². The van der Waals surface area contributed by atoms with Crippen LogP contribution >= 0.6 is 0 Å². The first-order chi connectivity index (χ1) is 15.6. The molecule has 0 saturated heterocycles. The van der Waals surface area contributed by atoms with Crippen molar-refractivity contribution < 1.29 is 9.18 Å². The second-order valence-corrected chi connectivity index (χ2v) is 7.68. The van der Waals surface area contributed by atoms with E-state index in [0.29, 0.717) is 19.4 Å². The number of anilines is 2. The zero-order valence-electron chi connectivity index (χ0n) is 17.9. The van der Waals surface area contributed by atoms with Gasteiger partial charge in [-0.1, -0.05) is 54.6 Å². The third-order valence-electron chi connectivity index (χ3n) is 5.21. The van der Waals surface area contributed by atoms with Crippen molar-refractivity contribution in [3.63, 3.8) is 0 Å². The molecule has 1 heterocycles. The SMILES string of the molecule is Cn1cc(-c2ccc(CNc3ccc(F)c(NC(=O)CCc4ccccc4)c3)cc2)cn1. The molecule has 0 atom stereocenters. The minimum absolute atomic E-state index is 0.181. The summed E-state index contributed by atoms with van der Waals surface area (Å²) in [7, 11) is 1.89. The molecule has 4 aromatic rings. The van der Waals surface area contributed by atoms with E-state index in [2.05, 4.69) is 27.9 Å². The lowest BCUT2D eigenvalue weighted by Crippen LogP contribution is -2.13. The van der Waals surface area contributed by atoms with E-state index in [1.807, 2.05) is 61.9 Å². The fourth-order valence-electron chi connectivity index (χ4n) is 3.44. The Labute approximate surface area is 186 Å². The Morgan fingerprint density at radius 1 is 0.969 bits per heavy atom. The molecule has 0 bridgehead atoms. The standard InChI is InChI=1S/C26H25FN4O/c1-31-18-22(17-29-31)21-10-7-20(8-11-21)16-28-23-12-13-24(27)25(15-23)30-26(32)14-9-19-5-3-2-4-6-19/h2-8,10-13,15,17-18,28H,9,14,16H2,1H3,(H,30,32). The van der Waals surface area contributed by atoms with Crippen molar-refractivity contribution in [2.75, 3.05) is 10.6 Å². The van der Waals surface area contributed by atoms with Crippen LogP contribution in [0.15, 0.2) is 85.2 Å². The van der Waals surface area contributed by atoms with Gasteiger partial charge < -0.3 is 10.6 Å². The highest BCUT2D eigenvalue weighted by molar-refractivity contribution is 5.91. The first-order valence-corrected chi connectivity index (χ1v) is 10.5. The molecule has 1 aromatic heterocycles. The highest BCUT2D eigenvalue weighted by Crippen LogP contribution is 2.22. The molecule has 0 aliphatic rings. The molecule has 6 heteroatoms. The van der Waals surface area contributed by atoms with Gasteiger partial charge in [0.15, 0.2) is 0 Å². The summed E-state index contributed by atoms with van der Waals surface area (Å²) in [5.74, 6) is -0.666. The Bertz CT molecular complexity index is 1190. The summed E-state index contributed by atoms with van der Waals surface area (Å²) < 4.78 is 16.0. The second-order valence-electron chi connectivity index (χ2n) is 7.68. The maximum absolute atomic E-state index is 14.2. The first kappa shape index (κ1) is 21.3. The molecule has 32 heavy (non-hydrogen) atoms. The van der Waals surface area contributed by atoms with Crippen LogP contribution < -0.4 is 10.6 Å². The third-order valence-corrected chi connectivity index (χ3v) is 5.21. The van der Waals surface area contributed by atoms with Crippen LogP contribution in [0.4, 0.5) is 15.8 Å². The normalized spacial score (nSPS) is 10.7. The fraction of sp³-hybridized carbons (Fsp3) is 0.154. The van der Waals surface area contributed by atoms with Gasteiger partial charge in [-0.2, -0.15) is 5.10 Å². The molecular weight excluding hydrogens is 403 g/mol. The van der Waals surface area contributed by atoms with Gasteiger partial charge in [-0.25, -0.2) is 4.39 Å². The van der Waals surface area contributed by atoms with Gasteiger partial charge in [0.25, 0.3) is 0 Å². The van der Waals surface area contributed by atoms with E-state index < -0.39 is 5.82 Å². The average molecular weight is 429 g/mol. The van der Waals surface area contributed by atoms with Crippen molar-refractivity contribution >= 4 is 17.3 Å². The molecule has 2 N–H and O–H groups in total. The van der Waals surface area contributed by atoms with Crippen LogP contribution in [0.25, 0.3) is 11.1 Å². The number of nitrogens with one attached hydrogen (secondary N) is 2. The summed E-state index contributed by atoms with van der Waals surface area (Å²) in [4.78, 5) is 12.3. The number of amides is 1. The van der Waals surface area contributed by atoms with E-state index in [4.69, 9.17) is 0 Å². The smallest absolute Gasteiger partial charge is 0.224 e. The van der Waals surface area contributed by atoms with Gasteiger partial charge in [0.2, 0.25) is 5.91 Å². The number of halogens is 1. The number of hydrogen-bond acceptors (Lipinski definition) is 3. The molecule has 4 rings (SSSR count). The van der Waals surface area contributed by atoms with Crippen LogP contribution in [0.1, 0.15) is 17.5 Å². The van der Waals surface area contributed by atoms with Gasteiger partial charge in [-0.3, -0.25) is 9.48 Å². The zero-order valence-corrected chi connectivity index (χ0v) is 17.9. The van der Waals surface area contributed by atoms with Crippen LogP contribution in [0.3, 0.4) is 0 Å². The molecule has 5 nitrogen and oxygen atoms in total. The Balaban J connectivity index is 1.33. The van der Waals surface area contributed by atoms with Crippen LogP contribution in [0.2, 0.25) is 0 Å². The highest BCUT2D eigenvalue weighted by atomic mass is 19.1. The molecule has 0 fully saturated rings. The van der Waals surface area contributed by atoms with E-state index in [-0.39, 0.29) is 11.6 Å². The number of nitrogens with zero attached hydrogens (tertiary/aromatic N) is 2. The van der Waals surface area contributed by atoms with Crippen LogP contribution in [-0.4, -0.2) is 15.7 Å². The monoisotopic (exact) mass is 428 g/mol. The van der Waals surface area contributed by atoms with Crippen LogP contribution in [-0.2, 0) is 24.8 Å². The van der Waals surface area contributed by atoms with E-state index >= 15 is 0 Å². The quantitative estimate of drug-likeness (QED) is 0.395. The minimum atomic E-state index is -0.454. The predicted molar refractivity (Wildman–Crippen MR) is 126 cm³/mol. The molecule has 162 valence electrons. The van der Waals surface area contributed by atoms with Gasteiger partial charge >= 0.3 is 0 Å². The molecule has 0 aliphatic carbocycles. The number of aromatic nitrogens is 2. The summed E-state index contributed by atoms with van der Waals surface area (Å²) >= 11 is 0. The van der Waals surface area contributed by atoms with Crippen molar-refractivity contribution in [2.45, 2.75) is 19.4 Å². The van der Waals surface area contributed by atoms with E-state index in [1.165, 1.54) is 6.07 Å². The van der Waals surface area contributed by atoms with Gasteiger partial charge in [0.05, 0.1) is 11.9 Å². The lowest BCUT2D eigenvalue weighted by molar-refractivity contribution is -0.116. The number of benzene rings is 3. The second kappa shape index (κ2) is 9.92. The Hall–Kier alpha value is -3.93. The van der Waals surface area contributed by atoms with Crippen LogP contribution in [0.5, 0.6) is 0 Å². The highest BCUT2D eigenvalue weighted by Gasteiger charge is 2.09. The number of hydrogen-bond donors (Lipinski definition) is 2. The lowest BCUT2D eigenvalue weighted by atomic mass is 10.1. The minimum Gasteiger partial charge on any atom is -0.381 e. The molecule has 0 aliphatic heterocycles. The molecule has 0 saturated carbocycles. The predicted octanol–water partition coefficient (Wildman–Crippen LogP) is 5.41. The Morgan fingerprint density at radius 3 is 2.47 bits per heavy atom. The summed E-state index contributed by atoms with van der Waals surface area (Å²) in [6, 6.07) is 22.6. The number of carbonyl (C=O) groups is 1. The van der Waals surface area contributed by atoms with E-state index in [0.717, 1.165) is 27.9 Å². The summed E-state index contributed by atoms with van der Waals surface area (Å²) in [5.41, 5.74) is 5.26. The maximum Gasteiger partial charge on any atom is 0.224 e. The lowest BCUT2D eigenvalue weighted by Gasteiger charge is -2.11. The molecule has 1 amide bonds. The molecule has 0 unspecified atom stereocenters. The number of carbonyl (C=O) groups excluding carboxylic acids is 1. The van der Waals surface area contributed by atoms with Crippen molar-refractivity contribution in [3.05, 3.63) is 102 Å². The van der Waals surface area contributed by atoms with Crippen molar-refractivity contribution in [1.82, 2.24) is 9.78 Å². The largest absolute Gasteiger partial charge is 0.381 e. The molecule has 0 spiro atoms. The van der Waals surface area contributed by atoms with Crippen molar-refractivity contribution in [2.24, 2.45) is 7.05 Å². The topological polar surface area (TPSA) is 59.0 Å². The average Bonchev–Trinajstić information content (AvgIpc) is 3.25. The first-order valence-electron chi connectivity index (χ1n) is 10.5. The Kier molecular flexibility index (Phi) is 6.60. The van der Waals surface area contributed by atoms with Gasteiger partial charge in [0.1, 0.15) is 5.82 Å². The number of rotatable bonds is 8.